The molecule has 0 fully saturated rings. The van der Waals surface area contributed by atoms with Crippen LogP contribution in [-0.2, 0) is 6.54 Å². The molecule has 0 aliphatic carbocycles. The first kappa shape index (κ1) is 12.7. The van der Waals surface area contributed by atoms with Crippen LogP contribution in [-0.4, -0.2) is 39.7 Å². The summed E-state index contributed by atoms with van der Waals surface area (Å²) in [5.74, 6) is 0.781. The van der Waals surface area contributed by atoms with Crippen LogP contribution in [0.5, 0.6) is 0 Å². The van der Waals surface area contributed by atoms with Crippen molar-refractivity contribution in [2.75, 3.05) is 0 Å². The summed E-state index contributed by atoms with van der Waals surface area (Å²) < 4.78 is 3.25. The summed E-state index contributed by atoms with van der Waals surface area (Å²) in [7, 11) is 0. The van der Waals surface area contributed by atoms with E-state index >= 15 is 0 Å². The second kappa shape index (κ2) is 5.33. The lowest BCUT2D eigenvalue weighted by molar-refractivity contribution is 0.582. The van der Waals surface area contributed by atoms with Crippen molar-refractivity contribution < 1.29 is 0 Å². The molecule has 8 nitrogen and oxygen atoms in total. The summed E-state index contributed by atoms with van der Waals surface area (Å²) in [5, 5.41) is 12.1. The van der Waals surface area contributed by atoms with E-state index in [1.807, 2.05) is 0 Å². The summed E-state index contributed by atoms with van der Waals surface area (Å²) in [6.07, 6.45) is 5.91. The lowest BCUT2D eigenvalue weighted by Gasteiger charge is -2.05. The molecule has 0 bridgehead atoms. The van der Waals surface area contributed by atoms with Crippen LogP contribution in [0.2, 0.25) is 5.28 Å². The number of nitrogens with zero attached hydrogens (tertiary/aromatic N) is 8. The van der Waals surface area contributed by atoms with Crippen LogP contribution in [0.1, 0.15) is 13.3 Å². The maximum atomic E-state index is 5.96. The Morgan fingerprint density at radius 3 is 2.90 bits per heavy atom. The van der Waals surface area contributed by atoms with Gasteiger partial charge in [0.15, 0.2) is 5.82 Å². The molecule has 0 aliphatic rings. The van der Waals surface area contributed by atoms with Crippen LogP contribution < -0.4 is 0 Å². The molecule has 3 heterocycles. The second-order valence-electron chi connectivity index (χ2n) is 4.02. The number of rotatable bonds is 4. The predicted octanol–water partition coefficient (Wildman–Crippen LogP) is 1.38. The minimum absolute atomic E-state index is 0.102. The topological polar surface area (TPSA) is 87.2 Å². The number of halogens is 1. The van der Waals surface area contributed by atoms with Gasteiger partial charge in [0, 0.05) is 18.9 Å². The second-order valence-corrected chi connectivity index (χ2v) is 4.36. The number of hydrogen-bond donors (Lipinski definition) is 0. The molecule has 3 aromatic rings. The monoisotopic (exact) mass is 290 g/mol. The summed E-state index contributed by atoms with van der Waals surface area (Å²) in [4.78, 5) is 12.5. The van der Waals surface area contributed by atoms with Crippen molar-refractivity contribution in [2.24, 2.45) is 0 Å². The third-order valence-corrected chi connectivity index (χ3v) is 2.76. The Morgan fingerprint density at radius 2 is 2.15 bits per heavy atom. The van der Waals surface area contributed by atoms with E-state index in [2.05, 4.69) is 37.3 Å². The molecule has 20 heavy (non-hydrogen) atoms. The zero-order valence-electron chi connectivity index (χ0n) is 10.7. The Kier molecular flexibility index (Phi) is 3.38. The molecule has 0 aromatic carbocycles. The van der Waals surface area contributed by atoms with Gasteiger partial charge in [-0.1, -0.05) is 12.1 Å². The van der Waals surface area contributed by atoms with E-state index in [9.17, 15) is 0 Å². The van der Waals surface area contributed by atoms with E-state index < -0.39 is 0 Å². The molecule has 0 amide bonds. The summed E-state index contributed by atoms with van der Waals surface area (Å²) in [6.45, 7) is 2.79. The molecule has 0 atom stereocenters. The van der Waals surface area contributed by atoms with E-state index in [4.69, 9.17) is 11.6 Å². The molecule has 3 rings (SSSR count). The van der Waals surface area contributed by atoms with E-state index in [1.165, 1.54) is 4.68 Å². The smallest absolute Gasteiger partial charge is 0.241 e. The molecule has 0 aliphatic heterocycles. The molecule has 0 spiro atoms. The lowest BCUT2D eigenvalue weighted by atomic mass is 10.4. The first-order valence-corrected chi connectivity index (χ1v) is 6.46. The molecular weight excluding hydrogens is 280 g/mol. The minimum Gasteiger partial charge on any atom is -0.241 e. The highest BCUT2D eigenvalue weighted by Gasteiger charge is 2.13. The van der Waals surface area contributed by atoms with Crippen LogP contribution in [0.3, 0.4) is 0 Å². The van der Waals surface area contributed by atoms with Gasteiger partial charge in [-0.05, 0) is 24.1 Å². The first-order valence-electron chi connectivity index (χ1n) is 6.08. The van der Waals surface area contributed by atoms with Crippen LogP contribution in [0.15, 0.2) is 24.7 Å². The van der Waals surface area contributed by atoms with Crippen LogP contribution in [0, 0.1) is 0 Å². The average molecular weight is 291 g/mol. The van der Waals surface area contributed by atoms with Gasteiger partial charge in [0.1, 0.15) is 5.69 Å². The molecule has 3 aromatic heterocycles. The zero-order valence-corrected chi connectivity index (χ0v) is 11.4. The quantitative estimate of drug-likeness (QED) is 0.721. The highest BCUT2D eigenvalue weighted by Crippen LogP contribution is 2.16. The van der Waals surface area contributed by atoms with Gasteiger partial charge in [-0.25, -0.2) is 9.36 Å². The Morgan fingerprint density at radius 1 is 1.25 bits per heavy atom. The lowest BCUT2D eigenvalue weighted by Crippen LogP contribution is -2.08. The van der Waals surface area contributed by atoms with E-state index in [0.29, 0.717) is 17.5 Å². The van der Waals surface area contributed by atoms with Crippen LogP contribution in [0.4, 0.5) is 0 Å². The zero-order chi connectivity index (χ0) is 13.9. The third kappa shape index (κ3) is 2.37. The van der Waals surface area contributed by atoms with Crippen LogP contribution in [0.25, 0.3) is 17.5 Å². The Bertz CT molecular complexity index is 705. The SMILES string of the molecule is CCCn1nncc1-c1nc(Cl)nc(-n2cccn2)n1. The highest BCUT2D eigenvalue weighted by molar-refractivity contribution is 6.28. The van der Waals surface area contributed by atoms with Gasteiger partial charge in [-0.2, -0.15) is 20.1 Å². The summed E-state index contributed by atoms with van der Waals surface area (Å²) >= 11 is 5.96. The normalized spacial score (nSPS) is 10.9. The predicted molar refractivity (Wildman–Crippen MR) is 71.3 cm³/mol. The molecule has 0 unspecified atom stereocenters. The molecule has 9 heteroatoms. The van der Waals surface area contributed by atoms with Crippen molar-refractivity contribution in [3.8, 4) is 17.5 Å². The van der Waals surface area contributed by atoms with Gasteiger partial charge < -0.3 is 0 Å². The molecule has 0 radical (unpaired) electrons. The molecular formula is C11H11ClN8. The maximum Gasteiger partial charge on any atom is 0.255 e. The average Bonchev–Trinajstić information content (AvgIpc) is 3.09. The fraction of sp³-hybridized carbons (Fsp3) is 0.273. The van der Waals surface area contributed by atoms with Crippen LogP contribution >= 0.6 is 11.6 Å². The fourth-order valence-electron chi connectivity index (χ4n) is 1.75. The Labute approximate surface area is 119 Å². The Balaban J connectivity index is 2.08. The van der Waals surface area contributed by atoms with Crippen molar-refractivity contribution in [1.29, 1.82) is 0 Å². The van der Waals surface area contributed by atoms with Gasteiger partial charge >= 0.3 is 0 Å². The van der Waals surface area contributed by atoms with Crippen molar-refractivity contribution in [3.63, 3.8) is 0 Å². The van der Waals surface area contributed by atoms with E-state index in [1.54, 1.807) is 29.3 Å². The summed E-state index contributed by atoms with van der Waals surface area (Å²) in [5.41, 5.74) is 0.699. The van der Waals surface area contributed by atoms with Gasteiger partial charge in [0.25, 0.3) is 5.95 Å². The maximum absolute atomic E-state index is 5.96. The minimum atomic E-state index is 0.102. The number of aromatic nitrogens is 8. The Hall–Kier alpha value is -2.35. The molecule has 0 N–H and O–H groups in total. The van der Waals surface area contributed by atoms with E-state index in [-0.39, 0.29) is 5.28 Å². The largest absolute Gasteiger partial charge is 0.255 e. The molecule has 0 saturated heterocycles. The van der Waals surface area contributed by atoms with Crippen molar-refractivity contribution in [3.05, 3.63) is 29.9 Å². The van der Waals surface area contributed by atoms with Gasteiger partial charge in [0.05, 0.1) is 6.20 Å². The van der Waals surface area contributed by atoms with Crippen molar-refractivity contribution in [2.45, 2.75) is 19.9 Å². The van der Waals surface area contributed by atoms with Crippen molar-refractivity contribution in [1.82, 2.24) is 39.7 Å². The summed E-state index contributed by atoms with van der Waals surface area (Å²) in [6, 6.07) is 1.78. The fourth-order valence-corrected chi connectivity index (χ4v) is 1.91. The highest BCUT2D eigenvalue weighted by atomic mass is 35.5. The standard InChI is InChI=1S/C11H11ClN8/c1-2-5-19-8(7-13-18-19)9-15-10(12)17-11(16-9)20-6-3-4-14-20/h3-4,6-7H,2,5H2,1H3. The number of aryl methyl sites for hydroxylation is 1. The first-order chi connectivity index (χ1) is 9.78. The molecule has 0 saturated carbocycles. The van der Waals surface area contributed by atoms with Gasteiger partial charge in [-0.3, -0.25) is 0 Å². The van der Waals surface area contributed by atoms with Gasteiger partial charge in [-0.15, -0.1) is 5.10 Å². The van der Waals surface area contributed by atoms with Crippen molar-refractivity contribution >= 4 is 11.6 Å². The molecule has 102 valence electrons. The third-order valence-electron chi connectivity index (χ3n) is 2.59. The van der Waals surface area contributed by atoms with Gasteiger partial charge in [0.2, 0.25) is 5.28 Å². The van der Waals surface area contributed by atoms with E-state index in [0.717, 1.165) is 13.0 Å². The number of hydrogen-bond acceptors (Lipinski definition) is 6.